The largest absolute Gasteiger partial charge is 0.395 e. The van der Waals surface area contributed by atoms with E-state index in [9.17, 15) is 9.90 Å². The van der Waals surface area contributed by atoms with Crippen molar-refractivity contribution in [1.82, 2.24) is 14.5 Å². The number of thiophene rings is 1. The summed E-state index contributed by atoms with van der Waals surface area (Å²) in [5.41, 5.74) is 2.09. The first-order valence-corrected chi connectivity index (χ1v) is 10.3. The lowest BCUT2D eigenvalue weighted by Crippen LogP contribution is -2.37. The molecule has 142 valence electrons. The molecule has 1 aliphatic carbocycles. The number of aryl methyl sites for hydroxylation is 1. The van der Waals surface area contributed by atoms with Gasteiger partial charge in [-0.1, -0.05) is 29.8 Å². The summed E-state index contributed by atoms with van der Waals surface area (Å²) in [6.45, 7) is 1.27. The van der Waals surface area contributed by atoms with Crippen molar-refractivity contribution in [3.8, 4) is 0 Å². The highest BCUT2D eigenvalue weighted by atomic mass is 35.5. The Hall–Kier alpha value is -1.73. The fourth-order valence-electron chi connectivity index (χ4n) is 3.82. The van der Waals surface area contributed by atoms with Crippen LogP contribution in [0.4, 0.5) is 0 Å². The first-order valence-electron chi connectivity index (χ1n) is 9.12. The second kappa shape index (κ2) is 7.72. The van der Waals surface area contributed by atoms with E-state index >= 15 is 0 Å². The Morgan fingerprint density at radius 1 is 1.41 bits per heavy atom. The topological polar surface area (TPSA) is 58.4 Å². The Labute approximate surface area is 166 Å². The molecule has 0 spiro atoms. The predicted octanol–water partition coefficient (Wildman–Crippen LogP) is 2.94. The van der Waals surface area contributed by atoms with Crippen LogP contribution in [0.5, 0.6) is 0 Å². The number of nitrogens with zero attached hydrogens (tertiary/aromatic N) is 3. The van der Waals surface area contributed by atoms with Gasteiger partial charge in [0.1, 0.15) is 4.83 Å². The fraction of sp³-hybridized carbons (Fsp3) is 0.400. The molecule has 2 aromatic heterocycles. The quantitative estimate of drug-likeness (QED) is 0.711. The Morgan fingerprint density at radius 3 is 3.00 bits per heavy atom. The molecule has 3 aromatic rings. The van der Waals surface area contributed by atoms with Crippen molar-refractivity contribution in [2.75, 3.05) is 20.2 Å². The molecule has 1 atom stereocenters. The highest BCUT2D eigenvalue weighted by molar-refractivity contribution is 7.18. The van der Waals surface area contributed by atoms with Gasteiger partial charge in [0.2, 0.25) is 0 Å². The maximum absolute atomic E-state index is 13.1. The van der Waals surface area contributed by atoms with E-state index in [1.807, 2.05) is 31.3 Å². The van der Waals surface area contributed by atoms with Gasteiger partial charge < -0.3 is 10.0 Å². The Balaban J connectivity index is 1.69. The van der Waals surface area contributed by atoms with Crippen LogP contribution < -0.4 is 5.56 Å². The van der Waals surface area contributed by atoms with E-state index < -0.39 is 0 Å². The molecule has 1 aromatic carbocycles. The Morgan fingerprint density at radius 2 is 2.22 bits per heavy atom. The number of aliphatic hydroxyl groups is 1. The Kier molecular flexibility index (Phi) is 5.32. The summed E-state index contributed by atoms with van der Waals surface area (Å²) in [5.74, 6) is 0. The zero-order chi connectivity index (χ0) is 19.0. The highest BCUT2D eigenvalue weighted by Crippen LogP contribution is 2.34. The van der Waals surface area contributed by atoms with E-state index in [2.05, 4.69) is 9.88 Å². The molecule has 5 nitrogen and oxygen atoms in total. The van der Waals surface area contributed by atoms with Gasteiger partial charge in [-0.25, -0.2) is 4.98 Å². The number of aromatic nitrogens is 2. The molecule has 27 heavy (non-hydrogen) atoms. The molecule has 4 rings (SSSR count). The maximum Gasteiger partial charge on any atom is 0.262 e. The van der Waals surface area contributed by atoms with Gasteiger partial charge in [0.25, 0.3) is 5.56 Å². The summed E-state index contributed by atoms with van der Waals surface area (Å²) in [4.78, 5) is 22.0. The van der Waals surface area contributed by atoms with Crippen molar-refractivity contribution >= 4 is 33.2 Å². The fourth-order valence-corrected chi connectivity index (χ4v) is 5.27. The lowest BCUT2D eigenvalue weighted by molar-refractivity contribution is 0.170. The number of rotatable bonds is 5. The molecule has 1 aliphatic rings. The first-order chi connectivity index (χ1) is 13.1. The molecular weight excluding hydrogens is 382 g/mol. The average Bonchev–Trinajstić information content (AvgIpc) is 3.04. The zero-order valence-corrected chi connectivity index (χ0v) is 16.8. The van der Waals surface area contributed by atoms with Crippen molar-refractivity contribution in [2.24, 2.45) is 0 Å². The molecule has 0 bridgehead atoms. The monoisotopic (exact) mass is 403 g/mol. The number of hydrogen-bond donors (Lipinski definition) is 1. The number of aliphatic hydroxyl groups excluding tert-OH is 1. The van der Waals surface area contributed by atoms with Crippen LogP contribution in [0.25, 0.3) is 10.2 Å². The second-order valence-electron chi connectivity index (χ2n) is 7.05. The van der Waals surface area contributed by atoms with E-state index in [4.69, 9.17) is 11.6 Å². The number of benzene rings is 1. The lowest BCUT2D eigenvalue weighted by Gasteiger charge is -2.30. The van der Waals surface area contributed by atoms with E-state index in [-0.39, 0.29) is 12.2 Å². The molecule has 0 amide bonds. The van der Waals surface area contributed by atoms with E-state index in [1.54, 1.807) is 22.2 Å². The van der Waals surface area contributed by atoms with Crippen LogP contribution in [0.15, 0.2) is 35.4 Å². The van der Waals surface area contributed by atoms with Crippen LogP contribution in [0.1, 0.15) is 22.4 Å². The standard InChI is InChI=1S/C20H22ClN3O2S/c1-23(8-9-25)14-6-7-15-17(10-14)27-19-18(15)20(26)24(12-22-19)11-13-4-2-3-5-16(13)21/h2-5,12,14,25H,6-11H2,1H3/t14-/m1/s1. The third-order valence-electron chi connectivity index (χ3n) is 5.38. The molecule has 7 heteroatoms. The lowest BCUT2D eigenvalue weighted by atomic mass is 9.92. The van der Waals surface area contributed by atoms with Crippen LogP contribution in [-0.2, 0) is 19.4 Å². The SMILES string of the molecule is CN(CCO)[C@@H]1CCc2c(sc3ncn(Cc4ccccc4Cl)c(=O)c23)C1. The minimum atomic E-state index is 0.0135. The molecule has 0 saturated carbocycles. The summed E-state index contributed by atoms with van der Waals surface area (Å²) in [6.07, 6.45) is 4.42. The molecule has 0 fully saturated rings. The summed E-state index contributed by atoms with van der Waals surface area (Å²) in [5, 5.41) is 10.6. The van der Waals surface area contributed by atoms with Gasteiger partial charge in [0.05, 0.1) is 24.9 Å². The van der Waals surface area contributed by atoms with Crippen molar-refractivity contribution in [3.63, 3.8) is 0 Å². The van der Waals surface area contributed by atoms with Gasteiger partial charge in [-0.2, -0.15) is 0 Å². The predicted molar refractivity (Wildman–Crippen MR) is 110 cm³/mol. The number of fused-ring (bicyclic) bond motifs is 3. The van der Waals surface area contributed by atoms with Gasteiger partial charge in [-0.05, 0) is 43.5 Å². The van der Waals surface area contributed by atoms with Crippen LogP contribution in [0.2, 0.25) is 5.02 Å². The minimum Gasteiger partial charge on any atom is -0.395 e. The van der Waals surface area contributed by atoms with Crippen LogP contribution in [-0.4, -0.2) is 45.8 Å². The van der Waals surface area contributed by atoms with Crippen molar-refractivity contribution in [1.29, 1.82) is 0 Å². The third kappa shape index (κ3) is 3.55. The number of hydrogen-bond acceptors (Lipinski definition) is 5. The normalized spacial score (nSPS) is 16.8. The summed E-state index contributed by atoms with van der Waals surface area (Å²) in [6, 6.07) is 7.99. The molecule has 1 N–H and O–H groups in total. The van der Waals surface area contributed by atoms with Gasteiger partial charge in [0, 0.05) is 22.5 Å². The van der Waals surface area contributed by atoms with Gasteiger partial charge in [-0.15, -0.1) is 11.3 Å². The van der Waals surface area contributed by atoms with E-state index in [1.165, 1.54) is 4.88 Å². The average molecular weight is 404 g/mol. The first kappa shape index (κ1) is 18.6. The van der Waals surface area contributed by atoms with Gasteiger partial charge >= 0.3 is 0 Å². The summed E-state index contributed by atoms with van der Waals surface area (Å²) < 4.78 is 1.65. The van der Waals surface area contributed by atoms with Crippen LogP contribution >= 0.6 is 22.9 Å². The Bertz CT molecular complexity index is 1030. The zero-order valence-electron chi connectivity index (χ0n) is 15.2. The smallest absolute Gasteiger partial charge is 0.262 e. The number of halogens is 1. The number of likely N-dealkylation sites (N-methyl/N-ethyl adjacent to an activating group) is 1. The van der Waals surface area contributed by atoms with Crippen LogP contribution in [0, 0.1) is 0 Å². The van der Waals surface area contributed by atoms with E-state index in [0.29, 0.717) is 24.2 Å². The minimum absolute atomic E-state index is 0.0135. The van der Waals surface area contributed by atoms with E-state index in [0.717, 1.165) is 40.6 Å². The second-order valence-corrected chi connectivity index (χ2v) is 8.54. The molecule has 0 aliphatic heterocycles. The highest BCUT2D eigenvalue weighted by Gasteiger charge is 2.27. The van der Waals surface area contributed by atoms with Gasteiger partial charge in [-0.3, -0.25) is 9.36 Å². The molecule has 0 saturated heterocycles. The molecule has 0 unspecified atom stereocenters. The van der Waals surface area contributed by atoms with Crippen LogP contribution in [0.3, 0.4) is 0 Å². The maximum atomic E-state index is 13.1. The van der Waals surface area contributed by atoms with Crippen molar-refractivity contribution < 1.29 is 5.11 Å². The molecular formula is C20H22ClN3O2S. The molecule has 0 radical (unpaired) electrons. The summed E-state index contributed by atoms with van der Waals surface area (Å²) in [7, 11) is 2.05. The summed E-state index contributed by atoms with van der Waals surface area (Å²) >= 11 is 7.89. The third-order valence-corrected chi connectivity index (χ3v) is 6.92. The molecule has 2 heterocycles. The van der Waals surface area contributed by atoms with Gasteiger partial charge in [0.15, 0.2) is 0 Å². The van der Waals surface area contributed by atoms with Crippen molar-refractivity contribution in [3.05, 3.63) is 62.0 Å². The van der Waals surface area contributed by atoms with Crippen molar-refractivity contribution in [2.45, 2.75) is 31.8 Å².